The second-order valence-corrected chi connectivity index (χ2v) is 7.29. The van der Waals surface area contributed by atoms with Crippen molar-refractivity contribution in [2.45, 2.75) is 13.0 Å². The molecule has 0 spiro atoms. The number of aryl methyl sites for hydroxylation is 2. The highest BCUT2D eigenvalue weighted by atomic mass is 16.5. The Kier molecular flexibility index (Phi) is 6.08. The molecule has 9 nitrogen and oxygen atoms in total. The minimum absolute atomic E-state index is 0.0523. The average Bonchev–Trinajstić information content (AvgIpc) is 3.16. The summed E-state index contributed by atoms with van der Waals surface area (Å²) in [6.07, 6.45) is 3.39. The van der Waals surface area contributed by atoms with E-state index in [0.29, 0.717) is 19.7 Å². The van der Waals surface area contributed by atoms with Crippen LogP contribution in [0.2, 0.25) is 0 Å². The zero-order chi connectivity index (χ0) is 20.9. The molecule has 3 aromatic rings. The maximum Gasteiger partial charge on any atom is 0.193 e. The molecule has 1 unspecified atom stereocenters. The fraction of sp³-hybridized carbons (Fsp3) is 0.429. The number of fused-ring (bicyclic) bond motifs is 1. The third-order valence-corrected chi connectivity index (χ3v) is 5.34. The van der Waals surface area contributed by atoms with E-state index in [2.05, 4.69) is 66.8 Å². The van der Waals surface area contributed by atoms with E-state index in [0.717, 1.165) is 35.9 Å². The van der Waals surface area contributed by atoms with Gasteiger partial charge in [0.05, 0.1) is 24.7 Å². The number of nitrogens with one attached hydrogen (secondary N) is 2. The van der Waals surface area contributed by atoms with Crippen molar-refractivity contribution >= 4 is 22.8 Å². The second kappa shape index (κ2) is 9.08. The van der Waals surface area contributed by atoms with Gasteiger partial charge in [0.15, 0.2) is 11.6 Å². The molecule has 1 saturated heterocycles. The summed E-state index contributed by atoms with van der Waals surface area (Å²) in [5, 5.41) is 12.0. The van der Waals surface area contributed by atoms with Crippen molar-refractivity contribution in [1.82, 2.24) is 30.0 Å². The largest absolute Gasteiger partial charge is 0.370 e. The van der Waals surface area contributed by atoms with Gasteiger partial charge < -0.3 is 20.3 Å². The second-order valence-electron chi connectivity index (χ2n) is 7.29. The number of nitrogens with zero attached hydrogens (tertiary/aromatic N) is 6. The quantitative estimate of drug-likeness (QED) is 0.377. The van der Waals surface area contributed by atoms with Crippen molar-refractivity contribution in [3.63, 3.8) is 0 Å². The molecule has 2 N–H and O–H groups in total. The molecule has 1 aliphatic heterocycles. The summed E-state index contributed by atoms with van der Waals surface area (Å²) in [5.74, 6) is 1.67. The van der Waals surface area contributed by atoms with Crippen LogP contribution in [-0.4, -0.2) is 70.4 Å². The van der Waals surface area contributed by atoms with Crippen LogP contribution in [-0.2, 0) is 11.8 Å². The van der Waals surface area contributed by atoms with Gasteiger partial charge >= 0.3 is 0 Å². The Hall–Kier alpha value is -3.20. The molecule has 2 aromatic heterocycles. The van der Waals surface area contributed by atoms with Gasteiger partial charge in [0.2, 0.25) is 0 Å². The molecule has 158 valence electrons. The van der Waals surface area contributed by atoms with E-state index in [1.807, 2.05) is 14.1 Å². The number of guanidine groups is 1. The van der Waals surface area contributed by atoms with Gasteiger partial charge in [0.25, 0.3) is 0 Å². The summed E-state index contributed by atoms with van der Waals surface area (Å²) in [7, 11) is 3.69. The van der Waals surface area contributed by atoms with Crippen LogP contribution in [0.4, 0.5) is 5.82 Å². The van der Waals surface area contributed by atoms with E-state index in [-0.39, 0.29) is 6.10 Å². The summed E-state index contributed by atoms with van der Waals surface area (Å²) in [5.41, 5.74) is 3.30. The molecule has 1 aromatic carbocycles. The van der Waals surface area contributed by atoms with Crippen molar-refractivity contribution in [1.29, 1.82) is 0 Å². The lowest BCUT2D eigenvalue weighted by atomic mass is 10.0. The molecule has 1 aliphatic rings. The third-order valence-electron chi connectivity index (χ3n) is 5.34. The van der Waals surface area contributed by atoms with Gasteiger partial charge in [-0.05, 0) is 18.1 Å². The average molecular weight is 409 g/mol. The molecule has 4 rings (SSSR count). The lowest BCUT2D eigenvalue weighted by Crippen LogP contribution is -2.49. The molecule has 0 aliphatic carbocycles. The van der Waals surface area contributed by atoms with E-state index in [1.165, 1.54) is 11.1 Å². The van der Waals surface area contributed by atoms with Crippen molar-refractivity contribution in [3.8, 4) is 0 Å². The molecular weight excluding hydrogens is 380 g/mol. The van der Waals surface area contributed by atoms with Gasteiger partial charge in [-0.25, -0.2) is 9.97 Å². The molecule has 1 atom stereocenters. The number of aromatic nitrogens is 4. The van der Waals surface area contributed by atoms with Crippen LogP contribution in [0.15, 0.2) is 41.8 Å². The van der Waals surface area contributed by atoms with Gasteiger partial charge in [-0.1, -0.05) is 24.3 Å². The van der Waals surface area contributed by atoms with E-state index in [1.54, 1.807) is 17.2 Å². The minimum atomic E-state index is 0.0523. The van der Waals surface area contributed by atoms with E-state index >= 15 is 0 Å². The van der Waals surface area contributed by atoms with E-state index in [9.17, 15) is 0 Å². The number of hydrogen-bond acceptors (Lipinski definition) is 6. The molecule has 30 heavy (non-hydrogen) atoms. The van der Waals surface area contributed by atoms with Crippen molar-refractivity contribution < 1.29 is 4.74 Å². The molecular formula is C21H28N8O. The molecule has 3 heterocycles. The van der Waals surface area contributed by atoms with Crippen molar-refractivity contribution in [2.75, 3.05) is 45.2 Å². The highest BCUT2D eigenvalue weighted by Crippen LogP contribution is 2.25. The molecule has 9 heteroatoms. The van der Waals surface area contributed by atoms with E-state index < -0.39 is 0 Å². The Balaban J connectivity index is 1.33. The van der Waals surface area contributed by atoms with Crippen molar-refractivity contribution in [2.24, 2.45) is 12.0 Å². The van der Waals surface area contributed by atoms with Crippen LogP contribution < -0.4 is 10.6 Å². The standard InChI is InChI=1S/C21H28N8O/c1-15-6-4-5-7-16(15)18-13-29(10-11-30-18)21(22-2)24-9-8-23-19-17-12-27-28(3)20(17)26-14-25-19/h4-7,12,14,18H,8-11,13H2,1-3H3,(H,22,24)(H,23,25,26). The van der Waals surface area contributed by atoms with Gasteiger partial charge in [-0.3, -0.25) is 9.67 Å². The lowest BCUT2D eigenvalue weighted by Gasteiger charge is -2.35. The van der Waals surface area contributed by atoms with Gasteiger partial charge in [-0.2, -0.15) is 5.10 Å². The topological polar surface area (TPSA) is 92.5 Å². The van der Waals surface area contributed by atoms with Gasteiger partial charge in [0.1, 0.15) is 18.2 Å². The van der Waals surface area contributed by atoms with Crippen LogP contribution in [0.1, 0.15) is 17.2 Å². The third kappa shape index (κ3) is 4.20. The Labute approximate surface area is 176 Å². The Bertz CT molecular complexity index is 1030. The predicted octanol–water partition coefficient (Wildman–Crippen LogP) is 1.73. The zero-order valence-corrected chi connectivity index (χ0v) is 17.7. The first-order chi connectivity index (χ1) is 14.7. The van der Waals surface area contributed by atoms with Crippen LogP contribution in [0.5, 0.6) is 0 Å². The predicted molar refractivity (Wildman–Crippen MR) is 118 cm³/mol. The molecule has 0 bridgehead atoms. The number of anilines is 1. The van der Waals surface area contributed by atoms with Crippen LogP contribution >= 0.6 is 0 Å². The lowest BCUT2D eigenvalue weighted by molar-refractivity contribution is -0.00828. The normalized spacial score (nSPS) is 17.4. The molecule has 0 radical (unpaired) electrons. The monoisotopic (exact) mass is 408 g/mol. The summed E-state index contributed by atoms with van der Waals surface area (Å²) in [6, 6.07) is 8.40. The maximum atomic E-state index is 6.04. The van der Waals surface area contributed by atoms with Crippen molar-refractivity contribution in [3.05, 3.63) is 47.9 Å². The van der Waals surface area contributed by atoms with Crippen LogP contribution in [0, 0.1) is 6.92 Å². The fourth-order valence-electron chi connectivity index (χ4n) is 3.77. The molecule has 0 amide bonds. The minimum Gasteiger partial charge on any atom is -0.370 e. The number of ether oxygens (including phenoxy) is 1. The number of hydrogen-bond donors (Lipinski definition) is 2. The first-order valence-corrected chi connectivity index (χ1v) is 10.2. The first kappa shape index (κ1) is 20.1. The SMILES string of the molecule is CN=C(NCCNc1ncnc2c1cnn2C)N1CCOC(c2ccccc2C)C1. The maximum absolute atomic E-state index is 6.04. The summed E-state index contributed by atoms with van der Waals surface area (Å²) >= 11 is 0. The fourth-order valence-corrected chi connectivity index (χ4v) is 3.77. The summed E-state index contributed by atoms with van der Waals surface area (Å²) < 4.78 is 7.78. The van der Waals surface area contributed by atoms with E-state index in [4.69, 9.17) is 4.74 Å². The van der Waals surface area contributed by atoms with Gasteiger partial charge in [0, 0.05) is 33.7 Å². The first-order valence-electron chi connectivity index (χ1n) is 10.2. The zero-order valence-electron chi connectivity index (χ0n) is 17.7. The van der Waals surface area contributed by atoms with Crippen LogP contribution in [0.3, 0.4) is 0 Å². The summed E-state index contributed by atoms with van der Waals surface area (Å²) in [6.45, 7) is 5.81. The highest BCUT2D eigenvalue weighted by molar-refractivity contribution is 5.86. The smallest absolute Gasteiger partial charge is 0.193 e. The Morgan fingerprint density at radius 2 is 2.13 bits per heavy atom. The number of rotatable bonds is 5. The number of benzene rings is 1. The summed E-state index contributed by atoms with van der Waals surface area (Å²) in [4.78, 5) is 15.3. The Morgan fingerprint density at radius 1 is 1.27 bits per heavy atom. The number of aliphatic imine (C=N–C) groups is 1. The Morgan fingerprint density at radius 3 is 2.97 bits per heavy atom. The number of morpholine rings is 1. The molecule has 0 saturated carbocycles. The highest BCUT2D eigenvalue weighted by Gasteiger charge is 2.25. The van der Waals surface area contributed by atoms with Gasteiger partial charge in [-0.15, -0.1) is 0 Å². The van der Waals surface area contributed by atoms with Crippen LogP contribution in [0.25, 0.3) is 11.0 Å². The molecule has 1 fully saturated rings.